The number of anilines is 1. The van der Waals surface area contributed by atoms with Gasteiger partial charge in [0.15, 0.2) is 0 Å². The highest BCUT2D eigenvalue weighted by atomic mass is 79.9. The Morgan fingerprint density at radius 2 is 1.90 bits per heavy atom. The molecule has 6 heteroatoms. The molecule has 2 rings (SSSR count). The molecule has 1 aliphatic rings. The van der Waals surface area contributed by atoms with Gasteiger partial charge in [-0.1, -0.05) is 15.9 Å². The molecule has 1 fully saturated rings. The Hall–Kier alpha value is -0.750. The zero-order valence-electron chi connectivity index (χ0n) is 12.2. The van der Waals surface area contributed by atoms with Crippen LogP contribution in [-0.2, 0) is 0 Å². The van der Waals surface area contributed by atoms with Crippen molar-refractivity contribution in [1.29, 1.82) is 0 Å². The van der Waals surface area contributed by atoms with E-state index in [0.29, 0.717) is 13.1 Å². The maximum Gasteiger partial charge on any atom is 0.391 e. The van der Waals surface area contributed by atoms with Gasteiger partial charge in [0.25, 0.3) is 0 Å². The third-order valence-corrected chi connectivity index (χ3v) is 4.68. The van der Waals surface area contributed by atoms with Crippen molar-refractivity contribution >= 4 is 21.6 Å². The Bertz CT molecular complexity index is 482. The molecule has 1 aromatic carbocycles. The van der Waals surface area contributed by atoms with Crippen LogP contribution in [0.4, 0.5) is 18.9 Å². The van der Waals surface area contributed by atoms with Gasteiger partial charge in [-0.25, -0.2) is 0 Å². The van der Waals surface area contributed by atoms with E-state index in [1.807, 2.05) is 32.2 Å². The molecule has 0 aromatic heterocycles. The first-order valence-corrected chi connectivity index (χ1v) is 7.90. The van der Waals surface area contributed by atoms with E-state index in [-0.39, 0.29) is 18.9 Å². The quantitative estimate of drug-likeness (QED) is 0.848. The molecule has 1 atom stereocenters. The third-order valence-electron chi connectivity index (χ3n) is 4.19. The predicted octanol–water partition coefficient (Wildman–Crippen LogP) is 4.51. The van der Waals surface area contributed by atoms with E-state index >= 15 is 0 Å². The highest BCUT2D eigenvalue weighted by Crippen LogP contribution is 2.37. The molecule has 2 nitrogen and oxygen atoms in total. The molecule has 0 radical (unpaired) electrons. The molecule has 1 saturated heterocycles. The Morgan fingerprint density at radius 3 is 2.43 bits per heavy atom. The standard InChI is InChI=1S/C15H20BrF3N2/c1-10(20-2)13-9-12(16)3-4-14(13)21-7-5-11(6-8-21)15(17,18)19/h3-4,9-11,20H,5-8H2,1-2H3. The number of nitrogens with zero attached hydrogens (tertiary/aromatic N) is 1. The average Bonchev–Trinajstić information content (AvgIpc) is 2.45. The third kappa shape index (κ3) is 3.92. The average molecular weight is 365 g/mol. The van der Waals surface area contributed by atoms with E-state index in [1.165, 1.54) is 0 Å². The topological polar surface area (TPSA) is 15.3 Å². The van der Waals surface area contributed by atoms with Gasteiger partial charge in [-0.05, 0) is 50.6 Å². The Kier molecular flexibility index (Phi) is 5.20. The fraction of sp³-hybridized carbons (Fsp3) is 0.600. The second kappa shape index (κ2) is 6.57. The second-order valence-electron chi connectivity index (χ2n) is 5.52. The van der Waals surface area contributed by atoms with Gasteiger partial charge in [-0.2, -0.15) is 13.2 Å². The minimum atomic E-state index is -4.06. The lowest BCUT2D eigenvalue weighted by Crippen LogP contribution is -2.39. The molecular formula is C15H20BrF3N2. The van der Waals surface area contributed by atoms with E-state index in [0.717, 1.165) is 15.7 Å². The summed E-state index contributed by atoms with van der Waals surface area (Å²) in [5.41, 5.74) is 2.14. The number of alkyl halides is 3. The minimum Gasteiger partial charge on any atom is -0.371 e. The molecule has 1 heterocycles. The lowest BCUT2D eigenvalue weighted by atomic mass is 9.95. The smallest absolute Gasteiger partial charge is 0.371 e. The van der Waals surface area contributed by atoms with Crippen LogP contribution in [0.2, 0.25) is 0 Å². The molecule has 1 unspecified atom stereocenters. The number of hydrogen-bond acceptors (Lipinski definition) is 2. The summed E-state index contributed by atoms with van der Waals surface area (Å²) in [6, 6.07) is 6.11. The highest BCUT2D eigenvalue weighted by Gasteiger charge is 2.41. The van der Waals surface area contributed by atoms with Crippen molar-refractivity contribution < 1.29 is 13.2 Å². The van der Waals surface area contributed by atoms with Crippen molar-refractivity contribution in [3.63, 3.8) is 0 Å². The summed E-state index contributed by atoms with van der Waals surface area (Å²) in [5, 5.41) is 3.19. The zero-order chi connectivity index (χ0) is 15.6. The summed E-state index contributed by atoms with van der Waals surface area (Å²) in [7, 11) is 1.88. The first-order valence-electron chi connectivity index (χ1n) is 7.11. The van der Waals surface area contributed by atoms with Crippen molar-refractivity contribution in [2.24, 2.45) is 5.92 Å². The van der Waals surface area contributed by atoms with Crippen molar-refractivity contribution in [1.82, 2.24) is 5.32 Å². The van der Waals surface area contributed by atoms with Crippen LogP contribution in [0.3, 0.4) is 0 Å². The van der Waals surface area contributed by atoms with Gasteiger partial charge in [-0.3, -0.25) is 0 Å². The van der Waals surface area contributed by atoms with Crippen molar-refractivity contribution in [3.05, 3.63) is 28.2 Å². The molecule has 21 heavy (non-hydrogen) atoms. The van der Waals surface area contributed by atoms with Crippen LogP contribution in [0.15, 0.2) is 22.7 Å². The molecule has 1 N–H and O–H groups in total. The van der Waals surface area contributed by atoms with Gasteiger partial charge in [0.05, 0.1) is 5.92 Å². The van der Waals surface area contributed by atoms with Gasteiger partial charge >= 0.3 is 6.18 Å². The second-order valence-corrected chi connectivity index (χ2v) is 6.43. The van der Waals surface area contributed by atoms with Crippen molar-refractivity contribution in [2.45, 2.75) is 32.0 Å². The van der Waals surface area contributed by atoms with Crippen molar-refractivity contribution in [3.8, 4) is 0 Å². The number of halogens is 4. The fourth-order valence-corrected chi connectivity index (χ4v) is 3.14. The molecule has 0 amide bonds. The van der Waals surface area contributed by atoms with E-state index in [4.69, 9.17) is 0 Å². The lowest BCUT2D eigenvalue weighted by Gasteiger charge is -2.36. The largest absolute Gasteiger partial charge is 0.391 e. The van der Waals surface area contributed by atoms with Gasteiger partial charge < -0.3 is 10.2 Å². The monoisotopic (exact) mass is 364 g/mol. The Labute approximate surface area is 131 Å². The normalized spacial score (nSPS) is 18.9. The van der Waals surface area contributed by atoms with Gasteiger partial charge in [-0.15, -0.1) is 0 Å². The highest BCUT2D eigenvalue weighted by molar-refractivity contribution is 9.10. The molecule has 0 bridgehead atoms. The predicted molar refractivity (Wildman–Crippen MR) is 82.6 cm³/mol. The van der Waals surface area contributed by atoms with E-state index < -0.39 is 12.1 Å². The molecule has 1 aromatic rings. The zero-order valence-corrected chi connectivity index (χ0v) is 13.8. The van der Waals surface area contributed by atoms with Crippen LogP contribution < -0.4 is 10.2 Å². The fourth-order valence-electron chi connectivity index (χ4n) is 2.76. The number of benzene rings is 1. The lowest BCUT2D eigenvalue weighted by molar-refractivity contribution is -0.179. The first-order chi connectivity index (χ1) is 9.82. The summed E-state index contributed by atoms with van der Waals surface area (Å²) >= 11 is 3.46. The summed E-state index contributed by atoms with van der Waals surface area (Å²) in [4.78, 5) is 2.07. The van der Waals surface area contributed by atoms with E-state index in [2.05, 4.69) is 26.1 Å². The maximum atomic E-state index is 12.8. The van der Waals surface area contributed by atoms with Crippen LogP contribution >= 0.6 is 15.9 Å². The van der Waals surface area contributed by atoms with Crippen LogP contribution in [0.1, 0.15) is 31.4 Å². The Morgan fingerprint density at radius 1 is 1.29 bits per heavy atom. The maximum absolute atomic E-state index is 12.8. The van der Waals surface area contributed by atoms with Crippen molar-refractivity contribution in [2.75, 3.05) is 25.0 Å². The van der Waals surface area contributed by atoms with Gasteiger partial charge in [0, 0.05) is 29.3 Å². The molecule has 1 aliphatic heterocycles. The SMILES string of the molecule is CNC(C)c1cc(Br)ccc1N1CCC(C(F)(F)F)CC1. The van der Waals surface area contributed by atoms with Crippen LogP contribution in [0.25, 0.3) is 0 Å². The first kappa shape index (κ1) is 16.6. The number of piperidine rings is 1. The molecule has 118 valence electrons. The summed E-state index contributed by atoms with van der Waals surface area (Å²) < 4.78 is 39.2. The molecule has 0 spiro atoms. The minimum absolute atomic E-state index is 0.151. The van der Waals surface area contributed by atoms with E-state index in [9.17, 15) is 13.2 Å². The van der Waals surface area contributed by atoms with E-state index in [1.54, 1.807) is 0 Å². The van der Waals surface area contributed by atoms with Crippen LogP contribution in [0.5, 0.6) is 0 Å². The van der Waals surface area contributed by atoms with Gasteiger partial charge in [0.2, 0.25) is 0 Å². The van der Waals surface area contributed by atoms with Crippen LogP contribution in [0, 0.1) is 5.92 Å². The summed E-state index contributed by atoms with van der Waals surface area (Å²) in [5.74, 6) is -1.16. The number of rotatable bonds is 3. The van der Waals surface area contributed by atoms with Gasteiger partial charge in [0.1, 0.15) is 0 Å². The molecular weight excluding hydrogens is 345 g/mol. The molecule has 0 aliphatic carbocycles. The number of nitrogens with one attached hydrogen (secondary N) is 1. The summed E-state index contributed by atoms with van der Waals surface area (Å²) in [6.45, 7) is 2.96. The Balaban J connectivity index is 2.17. The summed E-state index contributed by atoms with van der Waals surface area (Å²) in [6.07, 6.45) is -3.72. The van der Waals surface area contributed by atoms with Crippen LogP contribution in [-0.4, -0.2) is 26.3 Å². The number of hydrogen-bond donors (Lipinski definition) is 1. The molecule has 0 saturated carbocycles.